The second-order valence-corrected chi connectivity index (χ2v) is 9.17. The predicted octanol–water partition coefficient (Wildman–Crippen LogP) is 1.25. The van der Waals surface area contributed by atoms with Crippen LogP contribution in [0.1, 0.15) is 59.8 Å². The summed E-state index contributed by atoms with van der Waals surface area (Å²) in [5.74, 6) is -1.30. The standard InChI is InChI=1S/C20H33N3O6/c1-19(2,3)29-18(27)22-14(10-12-6-7-12)16(25)23-20(4,17(26)28-5)11-13-8-9-21-15(13)24/h12-14H,6-11H2,1-5H3,(H,21,24)(H,22,27)(H,23,25). The summed E-state index contributed by atoms with van der Waals surface area (Å²) in [7, 11) is 1.24. The molecule has 9 nitrogen and oxygen atoms in total. The normalized spacial score (nSPS) is 22.1. The van der Waals surface area contributed by atoms with Gasteiger partial charge in [0.1, 0.15) is 17.2 Å². The Balaban J connectivity index is 2.10. The van der Waals surface area contributed by atoms with Crippen LogP contribution in [-0.4, -0.2) is 54.7 Å². The van der Waals surface area contributed by atoms with Gasteiger partial charge in [-0.3, -0.25) is 9.59 Å². The molecule has 164 valence electrons. The van der Waals surface area contributed by atoms with Gasteiger partial charge in [0, 0.05) is 12.5 Å². The fourth-order valence-corrected chi connectivity index (χ4v) is 3.47. The third kappa shape index (κ3) is 6.90. The van der Waals surface area contributed by atoms with Crippen LogP contribution in [0.2, 0.25) is 0 Å². The Morgan fingerprint density at radius 2 is 1.83 bits per heavy atom. The fourth-order valence-electron chi connectivity index (χ4n) is 3.47. The topological polar surface area (TPSA) is 123 Å². The molecule has 1 saturated carbocycles. The van der Waals surface area contributed by atoms with Crippen LogP contribution < -0.4 is 16.0 Å². The van der Waals surface area contributed by atoms with Gasteiger partial charge in [-0.2, -0.15) is 0 Å². The lowest BCUT2D eigenvalue weighted by Gasteiger charge is -2.32. The lowest BCUT2D eigenvalue weighted by molar-refractivity contribution is -0.151. The summed E-state index contributed by atoms with van der Waals surface area (Å²) in [5, 5.41) is 8.08. The summed E-state index contributed by atoms with van der Waals surface area (Å²) in [6.45, 7) is 7.31. The Morgan fingerprint density at radius 3 is 2.31 bits per heavy atom. The van der Waals surface area contributed by atoms with Crippen molar-refractivity contribution >= 4 is 23.9 Å². The van der Waals surface area contributed by atoms with Crippen molar-refractivity contribution in [2.45, 2.75) is 77.0 Å². The van der Waals surface area contributed by atoms with Crippen molar-refractivity contribution in [2.75, 3.05) is 13.7 Å². The first kappa shape index (κ1) is 23.0. The highest BCUT2D eigenvalue weighted by Gasteiger charge is 2.43. The highest BCUT2D eigenvalue weighted by Crippen LogP contribution is 2.34. The molecule has 3 atom stereocenters. The molecule has 0 radical (unpaired) electrons. The van der Waals surface area contributed by atoms with E-state index < -0.39 is 35.2 Å². The highest BCUT2D eigenvalue weighted by molar-refractivity contribution is 5.92. The molecule has 0 bridgehead atoms. The Labute approximate surface area is 171 Å². The lowest BCUT2D eigenvalue weighted by atomic mass is 9.87. The van der Waals surface area contributed by atoms with Crippen LogP contribution in [0.15, 0.2) is 0 Å². The number of ether oxygens (including phenoxy) is 2. The van der Waals surface area contributed by atoms with Crippen molar-refractivity contribution < 1.29 is 28.7 Å². The number of alkyl carbamates (subject to hydrolysis) is 1. The summed E-state index contributed by atoms with van der Waals surface area (Å²) in [5.41, 5.74) is -2.07. The van der Waals surface area contributed by atoms with E-state index in [-0.39, 0.29) is 18.2 Å². The minimum Gasteiger partial charge on any atom is -0.467 e. The van der Waals surface area contributed by atoms with Crippen LogP contribution in [0.3, 0.4) is 0 Å². The van der Waals surface area contributed by atoms with Gasteiger partial charge in [0.05, 0.1) is 7.11 Å². The van der Waals surface area contributed by atoms with Gasteiger partial charge in [-0.15, -0.1) is 0 Å². The molecule has 0 aromatic rings. The Morgan fingerprint density at radius 1 is 1.17 bits per heavy atom. The molecule has 1 heterocycles. The molecule has 3 N–H and O–H groups in total. The predicted molar refractivity (Wildman–Crippen MR) is 105 cm³/mol. The van der Waals surface area contributed by atoms with Gasteiger partial charge < -0.3 is 25.4 Å². The highest BCUT2D eigenvalue weighted by atomic mass is 16.6. The number of carbonyl (C=O) groups excluding carboxylic acids is 4. The van der Waals surface area contributed by atoms with Crippen LogP contribution >= 0.6 is 0 Å². The maximum atomic E-state index is 13.0. The van der Waals surface area contributed by atoms with Crippen molar-refractivity contribution in [3.05, 3.63) is 0 Å². The largest absolute Gasteiger partial charge is 0.467 e. The second-order valence-electron chi connectivity index (χ2n) is 9.17. The van der Waals surface area contributed by atoms with Crippen molar-refractivity contribution in [3.8, 4) is 0 Å². The van der Waals surface area contributed by atoms with Gasteiger partial charge in [0.25, 0.3) is 0 Å². The van der Waals surface area contributed by atoms with Crippen molar-refractivity contribution in [3.63, 3.8) is 0 Å². The van der Waals surface area contributed by atoms with E-state index in [1.165, 1.54) is 7.11 Å². The van der Waals surface area contributed by atoms with E-state index in [4.69, 9.17) is 9.47 Å². The average Bonchev–Trinajstić information content (AvgIpc) is 3.33. The molecule has 0 aromatic heterocycles. The van der Waals surface area contributed by atoms with Crippen LogP contribution in [-0.2, 0) is 23.9 Å². The van der Waals surface area contributed by atoms with Crippen molar-refractivity contribution in [1.29, 1.82) is 0 Å². The molecular weight excluding hydrogens is 378 g/mol. The molecule has 1 saturated heterocycles. The van der Waals surface area contributed by atoms with Gasteiger partial charge in [-0.05, 0) is 52.9 Å². The number of nitrogens with one attached hydrogen (secondary N) is 3. The molecule has 1 aliphatic carbocycles. The van der Waals surface area contributed by atoms with Crippen LogP contribution in [0.25, 0.3) is 0 Å². The maximum Gasteiger partial charge on any atom is 0.408 e. The third-order valence-electron chi connectivity index (χ3n) is 5.13. The number of amides is 3. The molecule has 3 unspecified atom stereocenters. The summed E-state index contributed by atoms with van der Waals surface area (Å²) in [6.07, 6.45) is 2.48. The second kappa shape index (κ2) is 9.00. The van der Waals surface area contributed by atoms with E-state index in [1.54, 1.807) is 27.7 Å². The number of rotatable bonds is 8. The number of esters is 1. The maximum absolute atomic E-state index is 13.0. The zero-order valence-corrected chi connectivity index (χ0v) is 17.9. The molecular formula is C20H33N3O6. The smallest absolute Gasteiger partial charge is 0.408 e. The Bertz CT molecular complexity index is 655. The first-order chi connectivity index (χ1) is 13.4. The van der Waals surface area contributed by atoms with Gasteiger partial charge in [-0.25, -0.2) is 9.59 Å². The molecule has 0 aromatic carbocycles. The molecule has 2 fully saturated rings. The van der Waals surface area contributed by atoms with Crippen molar-refractivity contribution in [2.24, 2.45) is 11.8 Å². The Hall–Kier alpha value is -2.32. The number of hydrogen-bond donors (Lipinski definition) is 3. The molecule has 1 aliphatic heterocycles. The van der Waals surface area contributed by atoms with Gasteiger partial charge >= 0.3 is 12.1 Å². The summed E-state index contributed by atoms with van der Waals surface area (Å²) >= 11 is 0. The quantitative estimate of drug-likeness (QED) is 0.517. The summed E-state index contributed by atoms with van der Waals surface area (Å²) in [6, 6.07) is -0.835. The fraction of sp³-hybridized carbons (Fsp3) is 0.800. The minimum absolute atomic E-state index is 0.125. The van der Waals surface area contributed by atoms with Crippen LogP contribution in [0.5, 0.6) is 0 Å². The number of hydrogen-bond acceptors (Lipinski definition) is 6. The van der Waals surface area contributed by atoms with Crippen molar-refractivity contribution in [1.82, 2.24) is 16.0 Å². The monoisotopic (exact) mass is 411 g/mol. The first-order valence-electron chi connectivity index (χ1n) is 10.1. The molecule has 29 heavy (non-hydrogen) atoms. The summed E-state index contributed by atoms with van der Waals surface area (Å²) < 4.78 is 10.2. The van der Waals surface area contributed by atoms with Gasteiger partial charge in [-0.1, -0.05) is 12.8 Å². The van der Waals surface area contributed by atoms with Crippen LogP contribution in [0.4, 0.5) is 4.79 Å². The van der Waals surface area contributed by atoms with E-state index in [1.807, 2.05) is 0 Å². The third-order valence-corrected chi connectivity index (χ3v) is 5.13. The number of carbonyl (C=O) groups is 4. The van der Waals surface area contributed by atoms with Gasteiger partial charge in [0.2, 0.25) is 11.8 Å². The van der Waals surface area contributed by atoms with E-state index in [0.29, 0.717) is 25.3 Å². The lowest BCUT2D eigenvalue weighted by Crippen LogP contribution is -2.59. The minimum atomic E-state index is -1.38. The molecule has 3 amide bonds. The summed E-state index contributed by atoms with van der Waals surface area (Å²) in [4.78, 5) is 49.6. The molecule has 2 aliphatic rings. The number of methoxy groups -OCH3 is 1. The van der Waals surface area contributed by atoms with Gasteiger partial charge in [0.15, 0.2) is 0 Å². The Kier molecular flexibility index (Phi) is 7.13. The van der Waals surface area contributed by atoms with E-state index in [2.05, 4.69) is 16.0 Å². The first-order valence-corrected chi connectivity index (χ1v) is 10.1. The molecule has 0 spiro atoms. The molecule has 2 rings (SSSR count). The average molecular weight is 411 g/mol. The van der Waals surface area contributed by atoms with E-state index >= 15 is 0 Å². The zero-order valence-electron chi connectivity index (χ0n) is 17.9. The SMILES string of the molecule is COC(=O)C(C)(CC1CCNC1=O)NC(=O)C(CC1CC1)NC(=O)OC(C)(C)C. The van der Waals surface area contributed by atoms with E-state index in [9.17, 15) is 19.2 Å². The zero-order chi connectivity index (χ0) is 21.8. The van der Waals surface area contributed by atoms with Crippen LogP contribution in [0, 0.1) is 11.8 Å². The van der Waals surface area contributed by atoms with E-state index in [0.717, 1.165) is 12.8 Å². The molecule has 9 heteroatoms.